The van der Waals surface area contributed by atoms with Crippen molar-refractivity contribution in [3.05, 3.63) is 64.3 Å². The first-order valence-corrected chi connectivity index (χ1v) is 4.83. The van der Waals surface area contributed by atoms with E-state index in [-0.39, 0.29) is 5.56 Å². The highest BCUT2D eigenvalue weighted by atomic mass is 16.1. The van der Waals surface area contributed by atoms with Crippen LogP contribution in [0.4, 0.5) is 0 Å². The average Bonchev–Trinajstić information content (AvgIpc) is 2.25. The maximum Gasteiger partial charge on any atom is 0.250 e. The van der Waals surface area contributed by atoms with Crippen molar-refractivity contribution in [3.8, 4) is 0 Å². The van der Waals surface area contributed by atoms with Crippen molar-refractivity contribution in [2.24, 2.45) is 0 Å². The van der Waals surface area contributed by atoms with Gasteiger partial charge in [-0.05, 0) is 24.6 Å². The van der Waals surface area contributed by atoms with Gasteiger partial charge in [-0.1, -0.05) is 12.1 Å². The predicted octanol–water partition coefficient (Wildman–Crippen LogP) is 1.60. The van der Waals surface area contributed by atoms with Crippen LogP contribution in [0.25, 0.3) is 0 Å². The molecule has 0 aliphatic rings. The summed E-state index contributed by atoms with van der Waals surface area (Å²) in [5.74, 6) is 0. The Morgan fingerprint density at radius 2 is 2.13 bits per heavy atom. The van der Waals surface area contributed by atoms with E-state index in [1.807, 2.05) is 31.3 Å². The van der Waals surface area contributed by atoms with Crippen LogP contribution in [0.1, 0.15) is 11.3 Å². The Morgan fingerprint density at radius 3 is 2.80 bits per heavy atom. The molecule has 0 amide bonds. The lowest BCUT2D eigenvalue weighted by Crippen LogP contribution is -2.18. The van der Waals surface area contributed by atoms with Crippen LogP contribution in [0.15, 0.2) is 47.5 Å². The van der Waals surface area contributed by atoms with Gasteiger partial charge in [-0.25, -0.2) is 0 Å². The number of hydrogen-bond acceptors (Lipinski definition) is 2. The van der Waals surface area contributed by atoms with Crippen LogP contribution in [0, 0.1) is 6.92 Å². The molecule has 0 bridgehead atoms. The molecule has 0 radical (unpaired) electrons. The van der Waals surface area contributed by atoms with Crippen LogP contribution in [-0.2, 0) is 6.54 Å². The van der Waals surface area contributed by atoms with Crippen molar-refractivity contribution >= 4 is 0 Å². The minimum atomic E-state index is -0.000116. The fourth-order valence-electron chi connectivity index (χ4n) is 1.36. The summed E-state index contributed by atoms with van der Waals surface area (Å²) in [4.78, 5) is 15.7. The number of nitrogens with zero attached hydrogens (tertiary/aromatic N) is 2. The SMILES string of the molecule is Cc1ccc(Cn2ccccc2=O)nc1. The van der Waals surface area contributed by atoms with Crippen LogP contribution in [0.3, 0.4) is 0 Å². The third kappa shape index (κ3) is 2.31. The van der Waals surface area contributed by atoms with Gasteiger partial charge in [0.2, 0.25) is 0 Å². The molecule has 76 valence electrons. The molecule has 2 aromatic heterocycles. The summed E-state index contributed by atoms with van der Waals surface area (Å²) in [5.41, 5.74) is 2.02. The van der Waals surface area contributed by atoms with Gasteiger partial charge in [0.1, 0.15) is 0 Å². The molecule has 0 unspecified atom stereocenters. The third-order valence-electron chi connectivity index (χ3n) is 2.20. The highest BCUT2D eigenvalue weighted by molar-refractivity contribution is 5.12. The topological polar surface area (TPSA) is 34.9 Å². The van der Waals surface area contributed by atoms with Crippen LogP contribution in [0.2, 0.25) is 0 Å². The molecule has 0 atom stereocenters. The monoisotopic (exact) mass is 200 g/mol. The fourth-order valence-corrected chi connectivity index (χ4v) is 1.36. The zero-order valence-electron chi connectivity index (χ0n) is 8.55. The number of aryl methyl sites for hydroxylation is 1. The molecule has 0 spiro atoms. The summed E-state index contributed by atoms with van der Waals surface area (Å²) in [6.07, 6.45) is 3.58. The van der Waals surface area contributed by atoms with E-state index in [9.17, 15) is 4.79 Å². The standard InChI is InChI=1S/C12H12N2O/c1-10-5-6-11(13-8-10)9-14-7-3-2-4-12(14)15/h2-8H,9H2,1H3. The van der Waals surface area contributed by atoms with Gasteiger partial charge in [0.25, 0.3) is 5.56 Å². The minimum Gasteiger partial charge on any atom is -0.310 e. The Kier molecular flexibility index (Phi) is 2.63. The normalized spacial score (nSPS) is 10.2. The summed E-state index contributed by atoms with van der Waals surface area (Å²) in [6.45, 7) is 2.52. The summed E-state index contributed by atoms with van der Waals surface area (Å²) in [5, 5.41) is 0. The van der Waals surface area contributed by atoms with Gasteiger partial charge in [0.05, 0.1) is 12.2 Å². The van der Waals surface area contributed by atoms with Gasteiger partial charge in [-0.15, -0.1) is 0 Å². The molecular formula is C12H12N2O. The van der Waals surface area contributed by atoms with Crippen molar-refractivity contribution in [1.82, 2.24) is 9.55 Å². The molecule has 0 aliphatic heterocycles. The maximum atomic E-state index is 11.4. The van der Waals surface area contributed by atoms with E-state index in [4.69, 9.17) is 0 Å². The van der Waals surface area contributed by atoms with Crippen molar-refractivity contribution < 1.29 is 0 Å². The molecule has 0 N–H and O–H groups in total. The van der Waals surface area contributed by atoms with E-state index in [0.717, 1.165) is 11.3 Å². The zero-order chi connectivity index (χ0) is 10.7. The molecule has 0 aromatic carbocycles. The molecule has 2 heterocycles. The summed E-state index contributed by atoms with van der Waals surface area (Å²) in [7, 11) is 0. The van der Waals surface area contributed by atoms with E-state index in [2.05, 4.69) is 4.98 Å². The highest BCUT2D eigenvalue weighted by Gasteiger charge is 1.97. The Bertz CT molecular complexity index is 500. The largest absolute Gasteiger partial charge is 0.310 e. The average molecular weight is 200 g/mol. The lowest BCUT2D eigenvalue weighted by molar-refractivity contribution is 0.739. The summed E-state index contributed by atoms with van der Waals surface area (Å²) < 4.78 is 1.64. The van der Waals surface area contributed by atoms with E-state index in [0.29, 0.717) is 6.54 Å². The minimum absolute atomic E-state index is 0.000116. The quantitative estimate of drug-likeness (QED) is 0.738. The molecule has 15 heavy (non-hydrogen) atoms. The van der Waals surface area contributed by atoms with Gasteiger partial charge in [-0.2, -0.15) is 0 Å². The number of hydrogen-bond donors (Lipinski definition) is 0. The molecular weight excluding hydrogens is 188 g/mol. The first-order chi connectivity index (χ1) is 7.25. The van der Waals surface area contributed by atoms with Crippen LogP contribution in [0.5, 0.6) is 0 Å². The number of rotatable bonds is 2. The van der Waals surface area contributed by atoms with Gasteiger partial charge < -0.3 is 4.57 Å². The maximum absolute atomic E-state index is 11.4. The van der Waals surface area contributed by atoms with Crippen molar-refractivity contribution in [2.45, 2.75) is 13.5 Å². The lowest BCUT2D eigenvalue weighted by atomic mass is 10.3. The van der Waals surface area contributed by atoms with Gasteiger partial charge in [-0.3, -0.25) is 9.78 Å². The van der Waals surface area contributed by atoms with Gasteiger partial charge in [0.15, 0.2) is 0 Å². The first-order valence-electron chi connectivity index (χ1n) is 4.83. The molecule has 0 fully saturated rings. The molecule has 3 heteroatoms. The highest BCUT2D eigenvalue weighted by Crippen LogP contribution is 1.99. The molecule has 0 saturated heterocycles. The molecule has 0 saturated carbocycles. The Labute approximate surface area is 88.0 Å². The van der Waals surface area contributed by atoms with Crippen LogP contribution >= 0.6 is 0 Å². The number of pyridine rings is 2. The van der Waals surface area contributed by atoms with Gasteiger partial charge >= 0.3 is 0 Å². The number of aromatic nitrogens is 2. The Balaban J connectivity index is 2.26. The van der Waals surface area contributed by atoms with E-state index in [1.54, 1.807) is 22.9 Å². The first kappa shape index (κ1) is 9.65. The van der Waals surface area contributed by atoms with Crippen molar-refractivity contribution in [2.75, 3.05) is 0 Å². The summed E-state index contributed by atoms with van der Waals surface area (Å²) in [6, 6.07) is 9.07. The fraction of sp³-hybridized carbons (Fsp3) is 0.167. The second-order valence-electron chi connectivity index (χ2n) is 3.49. The van der Waals surface area contributed by atoms with Crippen molar-refractivity contribution in [3.63, 3.8) is 0 Å². The van der Waals surface area contributed by atoms with Crippen LogP contribution < -0.4 is 5.56 Å². The van der Waals surface area contributed by atoms with Crippen molar-refractivity contribution in [1.29, 1.82) is 0 Å². The zero-order valence-corrected chi connectivity index (χ0v) is 8.55. The smallest absolute Gasteiger partial charge is 0.250 e. The van der Waals surface area contributed by atoms with Gasteiger partial charge in [0, 0.05) is 18.5 Å². The van der Waals surface area contributed by atoms with E-state index >= 15 is 0 Å². The van der Waals surface area contributed by atoms with Crippen LogP contribution in [-0.4, -0.2) is 9.55 Å². The Morgan fingerprint density at radius 1 is 1.27 bits per heavy atom. The molecule has 2 rings (SSSR count). The van der Waals surface area contributed by atoms with E-state index in [1.165, 1.54) is 0 Å². The molecule has 2 aromatic rings. The second kappa shape index (κ2) is 4.09. The second-order valence-corrected chi connectivity index (χ2v) is 3.49. The van der Waals surface area contributed by atoms with E-state index < -0.39 is 0 Å². The molecule has 0 aliphatic carbocycles. The third-order valence-corrected chi connectivity index (χ3v) is 2.20. The summed E-state index contributed by atoms with van der Waals surface area (Å²) >= 11 is 0. The Hall–Kier alpha value is -1.90. The molecule has 3 nitrogen and oxygen atoms in total. The lowest BCUT2D eigenvalue weighted by Gasteiger charge is -2.04. The predicted molar refractivity (Wildman–Crippen MR) is 58.8 cm³/mol.